The highest BCUT2D eigenvalue weighted by molar-refractivity contribution is 7.13. The fourth-order valence-corrected chi connectivity index (χ4v) is 3.35. The predicted molar refractivity (Wildman–Crippen MR) is 109 cm³/mol. The van der Waals surface area contributed by atoms with Crippen LogP contribution in [-0.2, 0) is 22.6 Å². The number of benzene rings is 1. The first-order chi connectivity index (χ1) is 14.0. The van der Waals surface area contributed by atoms with Crippen LogP contribution < -0.4 is 10.6 Å². The first-order valence-corrected chi connectivity index (χ1v) is 9.98. The lowest BCUT2D eigenvalue weighted by molar-refractivity contribution is -0.126. The third-order valence-corrected chi connectivity index (χ3v) is 4.83. The summed E-state index contributed by atoms with van der Waals surface area (Å²) in [6.45, 7) is 1.85. The number of furan rings is 1. The molecule has 0 aliphatic carbocycles. The minimum absolute atomic E-state index is 0.0828. The Morgan fingerprint density at radius 2 is 2.14 bits per heavy atom. The quantitative estimate of drug-likeness (QED) is 0.535. The van der Waals surface area contributed by atoms with E-state index in [2.05, 4.69) is 20.8 Å². The van der Waals surface area contributed by atoms with E-state index in [0.717, 1.165) is 17.1 Å². The van der Waals surface area contributed by atoms with Gasteiger partial charge in [-0.2, -0.15) is 0 Å². The van der Waals surface area contributed by atoms with Crippen molar-refractivity contribution in [2.75, 3.05) is 11.9 Å². The number of halogens is 1. The number of hydrogen-bond donors (Lipinski definition) is 2. The van der Waals surface area contributed by atoms with Crippen LogP contribution in [0.4, 0.5) is 5.69 Å². The van der Waals surface area contributed by atoms with Crippen molar-refractivity contribution in [1.29, 1.82) is 0 Å². The maximum Gasteiger partial charge on any atom is 0.286 e. The molecule has 0 unspecified atom stereocenters. The minimum Gasteiger partial charge on any atom is -0.469 e. The van der Waals surface area contributed by atoms with Crippen LogP contribution in [0.15, 0.2) is 47.1 Å². The van der Waals surface area contributed by atoms with Gasteiger partial charge in [-0.25, -0.2) is 0 Å². The Balaban J connectivity index is 1.40. The van der Waals surface area contributed by atoms with Crippen molar-refractivity contribution in [3.63, 3.8) is 0 Å². The van der Waals surface area contributed by atoms with Gasteiger partial charge >= 0.3 is 0 Å². The monoisotopic (exact) mass is 434 g/mol. The van der Waals surface area contributed by atoms with Gasteiger partial charge in [0.1, 0.15) is 24.0 Å². The molecule has 1 atom stereocenters. The second kappa shape index (κ2) is 10.1. The topological polar surface area (TPSA) is 106 Å². The van der Waals surface area contributed by atoms with E-state index in [-0.39, 0.29) is 36.1 Å². The molecule has 0 saturated heterocycles. The lowest BCUT2D eigenvalue weighted by Gasteiger charge is -2.12. The molecule has 0 aliphatic heterocycles. The molecule has 0 radical (unpaired) electrons. The second-order valence-electron chi connectivity index (χ2n) is 6.21. The van der Waals surface area contributed by atoms with Gasteiger partial charge in [-0.15, -0.1) is 10.2 Å². The highest BCUT2D eigenvalue weighted by atomic mass is 35.5. The highest BCUT2D eigenvalue weighted by Gasteiger charge is 2.14. The average Bonchev–Trinajstić information content (AvgIpc) is 3.33. The summed E-state index contributed by atoms with van der Waals surface area (Å²) in [6, 6.07) is 10.4. The van der Waals surface area contributed by atoms with E-state index in [9.17, 15) is 9.59 Å². The SMILES string of the molecule is C[C@@H](Cc1ccco1)NC(=O)COCc1nnc(C(=O)Nc2cccc(Cl)c2)s1. The van der Waals surface area contributed by atoms with Crippen LogP contribution in [0.3, 0.4) is 0 Å². The van der Waals surface area contributed by atoms with Crippen LogP contribution in [0.1, 0.15) is 27.5 Å². The molecule has 8 nitrogen and oxygen atoms in total. The van der Waals surface area contributed by atoms with E-state index in [4.69, 9.17) is 20.8 Å². The molecular weight excluding hydrogens is 416 g/mol. The lowest BCUT2D eigenvalue weighted by Crippen LogP contribution is -2.36. The molecule has 3 aromatic rings. The van der Waals surface area contributed by atoms with Gasteiger partial charge in [0.05, 0.1) is 6.26 Å². The van der Waals surface area contributed by atoms with Crippen molar-refractivity contribution in [1.82, 2.24) is 15.5 Å². The molecule has 0 spiro atoms. The van der Waals surface area contributed by atoms with Crippen molar-refractivity contribution >= 4 is 40.4 Å². The molecule has 2 aromatic heterocycles. The Hall–Kier alpha value is -2.75. The van der Waals surface area contributed by atoms with E-state index in [1.54, 1.807) is 36.6 Å². The second-order valence-corrected chi connectivity index (χ2v) is 7.71. The molecule has 29 heavy (non-hydrogen) atoms. The van der Waals surface area contributed by atoms with E-state index in [1.165, 1.54) is 0 Å². The molecule has 2 amide bonds. The van der Waals surface area contributed by atoms with Gasteiger partial charge in [-0.05, 0) is 37.3 Å². The molecule has 0 saturated carbocycles. The summed E-state index contributed by atoms with van der Waals surface area (Å²) in [4.78, 5) is 24.2. The Morgan fingerprint density at radius 1 is 1.28 bits per heavy atom. The van der Waals surface area contributed by atoms with E-state index < -0.39 is 0 Å². The van der Waals surface area contributed by atoms with E-state index >= 15 is 0 Å². The average molecular weight is 435 g/mol. The number of carbonyl (C=O) groups excluding carboxylic acids is 2. The number of rotatable bonds is 9. The number of amides is 2. The van der Waals surface area contributed by atoms with Crippen LogP contribution in [0.2, 0.25) is 5.02 Å². The lowest BCUT2D eigenvalue weighted by atomic mass is 10.2. The van der Waals surface area contributed by atoms with Crippen LogP contribution in [0.25, 0.3) is 0 Å². The summed E-state index contributed by atoms with van der Waals surface area (Å²) in [6.07, 6.45) is 2.19. The van der Waals surface area contributed by atoms with Crippen molar-refractivity contribution in [2.24, 2.45) is 0 Å². The summed E-state index contributed by atoms with van der Waals surface area (Å²) in [7, 11) is 0. The van der Waals surface area contributed by atoms with E-state index in [1.807, 2.05) is 13.0 Å². The van der Waals surface area contributed by atoms with Crippen molar-refractivity contribution < 1.29 is 18.7 Å². The molecule has 152 valence electrons. The molecule has 0 bridgehead atoms. The van der Waals surface area contributed by atoms with Crippen LogP contribution >= 0.6 is 22.9 Å². The molecule has 0 aliphatic rings. The number of nitrogens with one attached hydrogen (secondary N) is 2. The number of anilines is 1. The molecular formula is C19H19ClN4O4S. The fraction of sp³-hybridized carbons (Fsp3) is 0.263. The predicted octanol–water partition coefficient (Wildman–Crippen LogP) is 3.30. The molecule has 2 heterocycles. The standard InChI is InChI=1S/C19H19ClN4O4S/c1-12(8-15-6-3-7-28-15)21-16(25)10-27-11-17-23-24-19(29-17)18(26)22-14-5-2-4-13(20)9-14/h2-7,9,12H,8,10-11H2,1H3,(H,21,25)(H,22,26)/t12-/m0/s1. The zero-order valence-corrected chi connectivity index (χ0v) is 17.1. The largest absolute Gasteiger partial charge is 0.469 e. The molecule has 0 fully saturated rings. The first-order valence-electron chi connectivity index (χ1n) is 8.78. The van der Waals surface area contributed by atoms with Crippen molar-refractivity contribution in [3.8, 4) is 0 Å². The van der Waals surface area contributed by atoms with Gasteiger partial charge in [0.25, 0.3) is 5.91 Å². The highest BCUT2D eigenvalue weighted by Crippen LogP contribution is 2.17. The zero-order chi connectivity index (χ0) is 20.6. The maximum atomic E-state index is 12.2. The van der Waals surface area contributed by atoms with Gasteiger partial charge in [0.15, 0.2) is 0 Å². The summed E-state index contributed by atoms with van der Waals surface area (Å²) in [5.74, 6) is 0.171. The molecule has 1 aromatic carbocycles. The summed E-state index contributed by atoms with van der Waals surface area (Å²) in [5, 5.41) is 14.5. The summed E-state index contributed by atoms with van der Waals surface area (Å²) >= 11 is 6.99. The number of carbonyl (C=O) groups is 2. The number of hydrogen-bond acceptors (Lipinski definition) is 7. The Morgan fingerprint density at radius 3 is 2.90 bits per heavy atom. The molecule has 3 rings (SSSR count). The van der Waals surface area contributed by atoms with Crippen LogP contribution in [0, 0.1) is 0 Å². The fourth-order valence-electron chi connectivity index (χ4n) is 2.48. The Bertz CT molecular complexity index is 961. The Labute approximate surface area is 176 Å². The zero-order valence-electron chi connectivity index (χ0n) is 15.6. The molecule has 10 heteroatoms. The summed E-state index contributed by atoms with van der Waals surface area (Å²) < 4.78 is 10.6. The molecule has 2 N–H and O–H groups in total. The Kier molecular flexibility index (Phi) is 7.34. The van der Waals surface area contributed by atoms with Gasteiger partial charge in [0, 0.05) is 23.2 Å². The van der Waals surface area contributed by atoms with Gasteiger partial charge in [0.2, 0.25) is 10.9 Å². The van der Waals surface area contributed by atoms with Crippen LogP contribution in [0.5, 0.6) is 0 Å². The number of aromatic nitrogens is 2. The van der Waals surface area contributed by atoms with Crippen molar-refractivity contribution in [2.45, 2.75) is 26.0 Å². The van der Waals surface area contributed by atoms with Gasteiger partial charge < -0.3 is 19.8 Å². The minimum atomic E-state index is -0.388. The normalized spacial score (nSPS) is 11.8. The van der Waals surface area contributed by atoms with E-state index in [0.29, 0.717) is 22.1 Å². The third-order valence-electron chi connectivity index (χ3n) is 3.70. The number of ether oxygens (including phenoxy) is 1. The van der Waals surface area contributed by atoms with Crippen molar-refractivity contribution in [3.05, 3.63) is 63.5 Å². The number of nitrogens with zero attached hydrogens (tertiary/aromatic N) is 2. The van der Waals surface area contributed by atoms with Gasteiger partial charge in [-0.1, -0.05) is 29.0 Å². The van der Waals surface area contributed by atoms with Crippen LogP contribution in [-0.4, -0.2) is 34.7 Å². The maximum absolute atomic E-state index is 12.2. The third kappa shape index (κ3) is 6.67. The van der Waals surface area contributed by atoms with Gasteiger partial charge in [-0.3, -0.25) is 9.59 Å². The summed E-state index contributed by atoms with van der Waals surface area (Å²) in [5.41, 5.74) is 0.566. The smallest absolute Gasteiger partial charge is 0.286 e. The first kappa shape index (κ1) is 21.0.